The lowest BCUT2D eigenvalue weighted by atomic mass is 10.3. The number of aromatic nitrogens is 1. The third-order valence-corrected chi connectivity index (χ3v) is 4.58. The third kappa shape index (κ3) is 3.40. The summed E-state index contributed by atoms with van der Waals surface area (Å²) in [6, 6.07) is 1.34. The Labute approximate surface area is 119 Å². The van der Waals surface area contributed by atoms with Gasteiger partial charge in [0.05, 0.1) is 0 Å². The van der Waals surface area contributed by atoms with Crippen molar-refractivity contribution in [3.8, 4) is 0 Å². The molecule has 0 spiro atoms. The van der Waals surface area contributed by atoms with Crippen LogP contribution in [-0.4, -0.2) is 25.4 Å². The number of hydrogen-bond donors (Lipinski definition) is 2. The van der Waals surface area contributed by atoms with Crippen LogP contribution in [0.2, 0.25) is 0 Å². The molecule has 112 valence electrons. The highest BCUT2D eigenvalue weighted by Crippen LogP contribution is 2.36. The maximum atomic E-state index is 12.2. The van der Waals surface area contributed by atoms with E-state index < -0.39 is 10.0 Å². The highest BCUT2D eigenvalue weighted by molar-refractivity contribution is 7.89. The van der Waals surface area contributed by atoms with Crippen molar-refractivity contribution in [3.63, 3.8) is 0 Å². The fourth-order valence-corrected chi connectivity index (χ4v) is 2.80. The average molecular weight is 299 g/mol. The summed E-state index contributed by atoms with van der Waals surface area (Å²) in [5.41, 5.74) is 0.351. The van der Waals surface area contributed by atoms with Gasteiger partial charge in [0.25, 0.3) is 5.91 Å². The fourth-order valence-electron chi connectivity index (χ4n) is 2.25. The molecule has 2 rings (SSSR count). The van der Waals surface area contributed by atoms with Gasteiger partial charge in [-0.1, -0.05) is 13.8 Å². The van der Waals surface area contributed by atoms with Crippen LogP contribution in [0.4, 0.5) is 0 Å². The first-order valence-electron chi connectivity index (χ1n) is 6.84. The van der Waals surface area contributed by atoms with Gasteiger partial charge in [0.2, 0.25) is 10.0 Å². The quantitative estimate of drug-likeness (QED) is 0.818. The monoisotopic (exact) mass is 299 g/mol. The SMILES string of the molecule is CCCn1cc(S(N)(=O)=O)cc1C(=O)NCC1CC1C. The molecule has 0 radical (unpaired) electrons. The van der Waals surface area contributed by atoms with Crippen LogP contribution in [0.15, 0.2) is 17.2 Å². The Morgan fingerprint density at radius 1 is 1.55 bits per heavy atom. The normalized spacial score (nSPS) is 21.8. The molecule has 1 aromatic heterocycles. The maximum absolute atomic E-state index is 12.2. The van der Waals surface area contributed by atoms with Crippen molar-refractivity contribution in [1.29, 1.82) is 0 Å². The molecule has 1 heterocycles. The summed E-state index contributed by atoms with van der Waals surface area (Å²) in [7, 11) is -3.78. The topological polar surface area (TPSA) is 94.2 Å². The number of carbonyl (C=O) groups excluding carboxylic acids is 1. The molecule has 6 nitrogen and oxygen atoms in total. The molecule has 20 heavy (non-hydrogen) atoms. The van der Waals surface area contributed by atoms with E-state index in [1.54, 1.807) is 4.57 Å². The lowest BCUT2D eigenvalue weighted by Gasteiger charge is -2.08. The van der Waals surface area contributed by atoms with E-state index in [-0.39, 0.29) is 10.8 Å². The molecular formula is C13H21N3O3S. The molecule has 1 saturated carbocycles. The van der Waals surface area contributed by atoms with Crippen LogP contribution in [0.3, 0.4) is 0 Å². The first kappa shape index (κ1) is 15.1. The molecule has 0 aliphatic heterocycles. The summed E-state index contributed by atoms with van der Waals surface area (Å²) in [5, 5.41) is 7.97. The standard InChI is InChI=1S/C13H21N3O3S/c1-3-4-16-8-11(20(14,18)19)6-12(16)13(17)15-7-10-5-9(10)2/h6,8-10H,3-5,7H2,1-2H3,(H,15,17)(H2,14,18,19). The molecule has 7 heteroatoms. The van der Waals surface area contributed by atoms with Gasteiger partial charge in [-0.3, -0.25) is 4.79 Å². The summed E-state index contributed by atoms with van der Waals surface area (Å²) in [6.07, 6.45) is 3.37. The smallest absolute Gasteiger partial charge is 0.267 e. The van der Waals surface area contributed by atoms with Crippen LogP contribution >= 0.6 is 0 Å². The van der Waals surface area contributed by atoms with Crippen molar-refractivity contribution in [2.45, 2.75) is 38.1 Å². The minimum absolute atomic E-state index is 0.0177. The number of rotatable bonds is 6. The summed E-state index contributed by atoms with van der Waals surface area (Å²) < 4.78 is 24.4. The van der Waals surface area contributed by atoms with Gasteiger partial charge in [-0.05, 0) is 30.7 Å². The van der Waals surface area contributed by atoms with Gasteiger partial charge in [0.1, 0.15) is 10.6 Å². The minimum atomic E-state index is -3.78. The van der Waals surface area contributed by atoms with E-state index in [1.165, 1.54) is 12.3 Å². The van der Waals surface area contributed by atoms with Gasteiger partial charge in [0.15, 0.2) is 0 Å². The number of amides is 1. The van der Waals surface area contributed by atoms with Crippen molar-refractivity contribution in [2.24, 2.45) is 17.0 Å². The second kappa shape index (κ2) is 5.57. The number of nitrogens with zero attached hydrogens (tertiary/aromatic N) is 1. The molecule has 1 aliphatic carbocycles. The van der Waals surface area contributed by atoms with Crippen LogP contribution < -0.4 is 10.5 Å². The molecule has 1 aliphatic rings. The summed E-state index contributed by atoms with van der Waals surface area (Å²) in [5.74, 6) is 0.969. The molecule has 0 aromatic carbocycles. The van der Waals surface area contributed by atoms with Crippen LogP contribution in [0, 0.1) is 11.8 Å². The van der Waals surface area contributed by atoms with Crippen molar-refractivity contribution in [3.05, 3.63) is 18.0 Å². The number of primary sulfonamides is 1. The zero-order chi connectivity index (χ0) is 14.9. The number of hydrogen-bond acceptors (Lipinski definition) is 3. The Morgan fingerprint density at radius 3 is 2.70 bits per heavy atom. The molecule has 1 amide bonds. The van der Waals surface area contributed by atoms with Crippen LogP contribution in [-0.2, 0) is 16.6 Å². The maximum Gasteiger partial charge on any atom is 0.267 e. The Hall–Kier alpha value is -1.34. The minimum Gasteiger partial charge on any atom is -0.350 e. The Morgan fingerprint density at radius 2 is 2.20 bits per heavy atom. The van der Waals surface area contributed by atoms with E-state index in [2.05, 4.69) is 12.2 Å². The summed E-state index contributed by atoms with van der Waals surface area (Å²) >= 11 is 0. The predicted molar refractivity (Wildman–Crippen MR) is 75.7 cm³/mol. The lowest BCUT2D eigenvalue weighted by Crippen LogP contribution is -2.28. The highest BCUT2D eigenvalue weighted by atomic mass is 32.2. The molecular weight excluding hydrogens is 278 g/mol. The number of aryl methyl sites for hydroxylation is 1. The average Bonchev–Trinajstić information content (AvgIpc) is 2.87. The first-order valence-corrected chi connectivity index (χ1v) is 8.38. The van der Waals surface area contributed by atoms with Gasteiger partial charge < -0.3 is 9.88 Å². The Balaban J connectivity index is 2.15. The zero-order valence-electron chi connectivity index (χ0n) is 11.8. The zero-order valence-corrected chi connectivity index (χ0v) is 12.6. The van der Waals surface area contributed by atoms with Crippen molar-refractivity contribution in [2.75, 3.05) is 6.54 Å². The van der Waals surface area contributed by atoms with Crippen molar-refractivity contribution >= 4 is 15.9 Å². The Kier molecular flexibility index (Phi) is 4.19. The van der Waals surface area contributed by atoms with Gasteiger partial charge >= 0.3 is 0 Å². The van der Waals surface area contributed by atoms with Gasteiger partial charge in [-0.15, -0.1) is 0 Å². The molecule has 0 bridgehead atoms. The largest absolute Gasteiger partial charge is 0.350 e. The lowest BCUT2D eigenvalue weighted by molar-refractivity contribution is 0.0942. The number of carbonyl (C=O) groups is 1. The molecule has 1 aromatic rings. The number of sulfonamides is 1. The first-order chi connectivity index (χ1) is 9.32. The van der Waals surface area contributed by atoms with E-state index in [0.717, 1.165) is 12.8 Å². The second-order valence-electron chi connectivity index (χ2n) is 5.48. The highest BCUT2D eigenvalue weighted by Gasteiger charge is 2.32. The van der Waals surface area contributed by atoms with Gasteiger partial charge in [-0.2, -0.15) is 0 Å². The van der Waals surface area contributed by atoms with Crippen LogP contribution in [0.5, 0.6) is 0 Å². The van der Waals surface area contributed by atoms with E-state index in [0.29, 0.717) is 30.6 Å². The molecule has 2 atom stereocenters. The fraction of sp³-hybridized carbons (Fsp3) is 0.615. The Bertz CT molecular complexity index is 606. The number of nitrogens with two attached hydrogens (primary N) is 1. The van der Waals surface area contributed by atoms with E-state index in [9.17, 15) is 13.2 Å². The number of nitrogens with one attached hydrogen (secondary N) is 1. The van der Waals surface area contributed by atoms with Gasteiger partial charge in [0, 0.05) is 19.3 Å². The van der Waals surface area contributed by atoms with E-state index >= 15 is 0 Å². The van der Waals surface area contributed by atoms with E-state index in [4.69, 9.17) is 5.14 Å². The summed E-state index contributed by atoms with van der Waals surface area (Å²) in [4.78, 5) is 12.1. The van der Waals surface area contributed by atoms with E-state index in [1.807, 2.05) is 6.92 Å². The molecule has 1 fully saturated rings. The predicted octanol–water partition coefficient (Wildman–Crippen LogP) is 0.931. The second-order valence-corrected chi connectivity index (χ2v) is 7.04. The third-order valence-electron chi connectivity index (χ3n) is 3.70. The van der Waals surface area contributed by atoms with Crippen molar-refractivity contribution < 1.29 is 13.2 Å². The molecule has 3 N–H and O–H groups in total. The summed E-state index contributed by atoms with van der Waals surface area (Å²) in [6.45, 7) is 5.33. The molecule has 2 unspecified atom stereocenters. The van der Waals surface area contributed by atoms with Crippen LogP contribution in [0.25, 0.3) is 0 Å². The van der Waals surface area contributed by atoms with Crippen LogP contribution in [0.1, 0.15) is 37.2 Å². The van der Waals surface area contributed by atoms with Crippen molar-refractivity contribution in [1.82, 2.24) is 9.88 Å². The molecule has 0 saturated heterocycles. The van der Waals surface area contributed by atoms with Gasteiger partial charge in [-0.25, -0.2) is 13.6 Å².